The second-order valence-electron chi connectivity index (χ2n) is 14.9. The van der Waals surface area contributed by atoms with Crippen LogP contribution in [0.1, 0.15) is 122 Å². The van der Waals surface area contributed by atoms with Gasteiger partial charge in [-0.25, -0.2) is 0 Å². The molecule has 0 aromatic rings. The summed E-state index contributed by atoms with van der Waals surface area (Å²) in [5.41, 5.74) is 0.257. The molecule has 0 spiro atoms. The van der Waals surface area contributed by atoms with Crippen LogP contribution in [0.25, 0.3) is 0 Å². The van der Waals surface area contributed by atoms with E-state index in [0.29, 0.717) is 72.1 Å². The number of ketones is 2. The highest BCUT2D eigenvalue weighted by atomic mass is 16.1. The smallest absolute Gasteiger partial charge is 0.138 e. The topological polar surface area (TPSA) is 58.2 Å². The number of hydrogen-bond donors (Lipinski definition) is 2. The molecule has 2 saturated carbocycles. The molecule has 36 heavy (non-hydrogen) atoms. The fourth-order valence-corrected chi connectivity index (χ4v) is 7.54. The van der Waals surface area contributed by atoms with Crippen LogP contribution in [0.5, 0.6) is 0 Å². The summed E-state index contributed by atoms with van der Waals surface area (Å²) in [4.78, 5) is 25.3. The van der Waals surface area contributed by atoms with Crippen LogP contribution in [-0.4, -0.2) is 35.2 Å². The maximum Gasteiger partial charge on any atom is 0.138 e. The molecule has 2 aliphatic rings. The van der Waals surface area contributed by atoms with Crippen LogP contribution in [-0.2, 0) is 9.59 Å². The summed E-state index contributed by atoms with van der Waals surface area (Å²) >= 11 is 0. The van der Waals surface area contributed by atoms with Crippen molar-refractivity contribution in [3.8, 4) is 0 Å². The third-order valence-electron chi connectivity index (χ3n) is 10.6. The molecule has 0 radical (unpaired) electrons. The van der Waals surface area contributed by atoms with E-state index < -0.39 is 0 Å². The molecule has 4 nitrogen and oxygen atoms in total. The lowest BCUT2D eigenvalue weighted by Crippen LogP contribution is -2.52. The van der Waals surface area contributed by atoms with E-state index in [1.54, 1.807) is 6.92 Å². The highest BCUT2D eigenvalue weighted by Gasteiger charge is 2.59. The van der Waals surface area contributed by atoms with Gasteiger partial charge in [-0.05, 0) is 101 Å². The number of nitrogens with one attached hydrogen (secondary N) is 2. The molecule has 2 N–H and O–H groups in total. The van der Waals surface area contributed by atoms with Crippen molar-refractivity contribution in [3.63, 3.8) is 0 Å². The average molecular weight is 505 g/mol. The third-order valence-corrected chi connectivity index (χ3v) is 10.6. The van der Waals surface area contributed by atoms with Gasteiger partial charge in [0, 0.05) is 42.4 Å². The summed E-state index contributed by atoms with van der Waals surface area (Å²) in [6.45, 7) is 29.0. The first-order valence-corrected chi connectivity index (χ1v) is 14.9. The van der Waals surface area contributed by atoms with E-state index in [0.717, 1.165) is 19.3 Å². The molecule has 210 valence electrons. The fraction of sp³-hybridized carbons (Fsp3) is 0.938. The molecule has 0 bridgehead atoms. The lowest BCUT2D eigenvalue weighted by molar-refractivity contribution is -0.126. The zero-order chi connectivity index (χ0) is 27.8. The van der Waals surface area contributed by atoms with Crippen LogP contribution in [0.3, 0.4) is 0 Å². The minimum Gasteiger partial charge on any atom is -0.312 e. The number of rotatable bonds is 16. The zero-order valence-electron chi connectivity index (χ0n) is 26.0. The summed E-state index contributed by atoms with van der Waals surface area (Å²) in [6.07, 6.45) is 4.49. The van der Waals surface area contributed by atoms with E-state index in [2.05, 4.69) is 93.7 Å². The molecular formula is C32H60N2O2. The van der Waals surface area contributed by atoms with Gasteiger partial charge >= 0.3 is 0 Å². The van der Waals surface area contributed by atoms with Crippen LogP contribution < -0.4 is 10.6 Å². The predicted octanol–water partition coefficient (Wildman–Crippen LogP) is 7.05. The lowest BCUT2D eigenvalue weighted by atomic mass is 9.79. The third kappa shape index (κ3) is 7.43. The van der Waals surface area contributed by atoms with Crippen LogP contribution in [0.15, 0.2) is 0 Å². The lowest BCUT2D eigenvalue weighted by Gasteiger charge is -2.37. The molecule has 8 atom stereocenters. The normalized spacial score (nSPS) is 29.9. The SMILES string of the molecule is CCC(C(=O)C[C@@H]1[C@H](C[C@@H](C)NC(C)C(C)C)C1(C)C)C(C)(C)N[C@@H](C)C[C@H]1[C@@H](CC(C)=O)C1(C)C. The van der Waals surface area contributed by atoms with Crippen molar-refractivity contribution < 1.29 is 9.59 Å². The van der Waals surface area contributed by atoms with E-state index in [-0.39, 0.29) is 22.3 Å². The summed E-state index contributed by atoms with van der Waals surface area (Å²) in [6, 6.07) is 1.31. The highest BCUT2D eigenvalue weighted by molar-refractivity contribution is 5.83. The molecule has 0 aromatic carbocycles. The molecule has 0 aromatic heterocycles. The van der Waals surface area contributed by atoms with E-state index >= 15 is 0 Å². The van der Waals surface area contributed by atoms with Gasteiger partial charge in [0.2, 0.25) is 0 Å². The van der Waals surface area contributed by atoms with Crippen molar-refractivity contribution in [2.75, 3.05) is 0 Å². The van der Waals surface area contributed by atoms with Gasteiger partial charge in [0.05, 0.1) is 0 Å². The Morgan fingerprint density at radius 1 is 0.806 bits per heavy atom. The maximum absolute atomic E-state index is 13.7. The minimum absolute atomic E-state index is 0.0220. The molecule has 2 fully saturated rings. The standard InChI is InChI=1S/C32H60N2O2/c1-14-24(32(12,13)34-21(5)16-26-27(17-22(6)35)30(26,8)9)29(36)18-28-25(31(28,10)11)15-20(4)33-23(7)19(2)3/h19-21,23-28,33-34H,14-18H2,1-13H3/t20-,21+,23?,24?,25+,26+,27-,28-/m1/s1. The Morgan fingerprint density at radius 3 is 1.72 bits per heavy atom. The quantitative estimate of drug-likeness (QED) is 0.236. The molecule has 4 heteroatoms. The van der Waals surface area contributed by atoms with Crippen molar-refractivity contribution in [1.29, 1.82) is 0 Å². The van der Waals surface area contributed by atoms with E-state index in [1.807, 2.05) is 0 Å². The Bertz CT molecular complexity index is 768. The summed E-state index contributed by atoms with van der Waals surface area (Å²) in [7, 11) is 0. The Balaban J connectivity index is 1.93. The molecule has 2 aliphatic carbocycles. The van der Waals surface area contributed by atoms with Gasteiger partial charge < -0.3 is 15.4 Å². The van der Waals surface area contributed by atoms with Gasteiger partial charge in [-0.3, -0.25) is 4.79 Å². The first-order chi connectivity index (χ1) is 16.4. The van der Waals surface area contributed by atoms with Crippen molar-refractivity contribution in [3.05, 3.63) is 0 Å². The number of carbonyl (C=O) groups excluding carboxylic acids is 2. The second kappa shape index (κ2) is 11.6. The minimum atomic E-state index is -0.240. The van der Waals surface area contributed by atoms with Gasteiger partial charge in [-0.1, -0.05) is 48.5 Å². The molecule has 0 saturated heterocycles. The summed E-state index contributed by atoms with van der Waals surface area (Å²) in [5, 5.41) is 7.61. The van der Waals surface area contributed by atoms with Crippen LogP contribution >= 0.6 is 0 Å². The van der Waals surface area contributed by atoms with Crippen LogP contribution in [0.4, 0.5) is 0 Å². The van der Waals surface area contributed by atoms with E-state index in [9.17, 15) is 9.59 Å². The molecular weight excluding hydrogens is 444 g/mol. The van der Waals surface area contributed by atoms with Crippen molar-refractivity contribution in [2.45, 2.75) is 146 Å². The van der Waals surface area contributed by atoms with Crippen molar-refractivity contribution >= 4 is 11.6 Å². The highest BCUT2D eigenvalue weighted by Crippen LogP contribution is 2.63. The first kappa shape index (κ1) is 31.5. The van der Waals surface area contributed by atoms with Gasteiger partial charge in [0.25, 0.3) is 0 Å². The van der Waals surface area contributed by atoms with Crippen LogP contribution in [0.2, 0.25) is 0 Å². The average Bonchev–Trinajstić information content (AvgIpc) is 3.42. The fourth-order valence-electron chi connectivity index (χ4n) is 7.54. The summed E-state index contributed by atoms with van der Waals surface area (Å²) < 4.78 is 0. The number of Topliss-reactive ketones (excluding diaryl/α,β-unsaturated/α-hetero) is 2. The van der Waals surface area contributed by atoms with Gasteiger partial charge in [0.1, 0.15) is 11.6 Å². The van der Waals surface area contributed by atoms with Crippen molar-refractivity contribution in [1.82, 2.24) is 10.6 Å². The molecule has 0 heterocycles. The molecule has 2 unspecified atom stereocenters. The maximum atomic E-state index is 13.7. The molecule has 0 aliphatic heterocycles. The largest absolute Gasteiger partial charge is 0.312 e. The van der Waals surface area contributed by atoms with E-state index in [1.165, 1.54) is 0 Å². The van der Waals surface area contributed by atoms with Crippen molar-refractivity contribution in [2.24, 2.45) is 46.3 Å². The second-order valence-corrected chi connectivity index (χ2v) is 14.9. The Morgan fingerprint density at radius 2 is 1.28 bits per heavy atom. The number of carbonyl (C=O) groups is 2. The van der Waals surface area contributed by atoms with Gasteiger partial charge in [-0.2, -0.15) is 0 Å². The Hall–Kier alpha value is -0.740. The summed E-state index contributed by atoms with van der Waals surface area (Å²) in [5.74, 6) is 3.57. The van der Waals surface area contributed by atoms with Gasteiger partial charge in [-0.15, -0.1) is 0 Å². The first-order valence-electron chi connectivity index (χ1n) is 14.9. The monoisotopic (exact) mass is 504 g/mol. The Labute approximate surface area is 223 Å². The van der Waals surface area contributed by atoms with Gasteiger partial charge in [0.15, 0.2) is 0 Å². The number of hydrogen-bond acceptors (Lipinski definition) is 4. The zero-order valence-corrected chi connectivity index (χ0v) is 26.0. The predicted molar refractivity (Wildman–Crippen MR) is 153 cm³/mol. The van der Waals surface area contributed by atoms with Crippen LogP contribution in [0, 0.1) is 46.3 Å². The van der Waals surface area contributed by atoms with E-state index in [4.69, 9.17) is 0 Å². The molecule has 0 amide bonds. The Kier molecular flexibility index (Phi) is 10.1. The molecule has 2 rings (SSSR count).